The SMILES string of the molecule is CCCCCN(C)c1nc(COC)c(CN)s1. The van der Waals surface area contributed by atoms with Gasteiger partial charge in [-0.25, -0.2) is 4.98 Å². The molecule has 0 spiro atoms. The predicted octanol–water partition coefficient (Wildman–Crippen LogP) is 2.37. The van der Waals surface area contributed by atoms with Crippen LogP contribution in [0.2, 0.25) is 0 Å². The van der Waals surface area contributed by atoms with Gasteiger partial charge in [0, 0.05) is 32.1 Å². The molecule has 0 saturated heterocycles. The van der Waals surface area contributed by atoms with Crippen LogP contribution in [0.15, 0.2) is 0 Å². The van der Waals surface area contributed by atoms with Gasteiger partial charge in [0.1, 0.15) is 0 Å². The minimum atomic E-state index is 0.541. The van der Waals surface area contributed by atoms with Crippen LogP contribution in [0.25, 0.3) is 0 Å². The molecule has 0 bridgehead atoms. The van der Waals surface area contributed by atoms with Gasteiger partial charge >= 0.3 is 0 Å². The molecule has 0 saturated carbocycles. The summed E-state index contributed by atoms with van der Waals surface area (Å²) >= 11 is 1.68. The maximum atomic E-state index is 5.71. The second kappa shape index (κ2) is 7.63. The van der Waals surface area contributed by atoms with Crippen LogP contribution in [-0.2, 0) is 17.9 Å². The lowest BCUT2D eigenvalue weighted by Crippen LogP contribution is -2.18. The van der Waals surface area contributed by atoms with Gasteiger partial charge in [-0.2, -0.15) is 0 Å². The first-order valence-electron chi connectivity index (χ1n) is 6.11. The maximum absolute atomic E-state index is 5.71. The average molecular weight is 257 g/mol. The number of methoxy groups -OCH3 is 1. The van der Waals surface area contributed by atoms with E-state index >= 15 is 0 Å². The molecule has 1 rings (SSSR count). The van der Waals surface area contributed by atoms with Gasteiger partial charge in [-0.3, -0.25) is 0 Å². The predicted molar refractivity (Wildman–Crippen MR) is 73.5 cm³/mol. The first-order chi connectivity index (χ1) is 8.22. The van der Waals surface area contributed by atoms with Crippen LogP contribution in [0, 0.1) is 0 Å². The van der Waals surface area contributed by atoms with E-state index in [2.05, 4.69) is 23.9 Å². The highest BCUT2D eigenvalue weighted by Crippen LogP contribution is 2.26. The van der Waals surface area contributed by atoms with Crippen LogP contribution >= 0.6 is 11.3 Å². The molecule has 0 aliphatic heterocycles. The monoisotopic (exact) mass is 257 g/mol. The Morgan fingerprint density at radius 2 is 2.18 bits per heavy atom. The normalized spacial score (nSPS) is 10.8. The fourth-order valence-corrected chi connectivity index (χ4v) is 2.57. The largest absolute Gasteiger partial charge is 0.378 e. The first-order valence-corrected chi connectivity index (χ1v) is 6.93. The van der Waals surface area contributed by atoms with E-state index in [0.717, 1.165) is 22.2 Å². The molecule has 0 fully saturated rings. The summed E-state index contributed by atoms with van der Waals surface area (Å²) in [5, 5.41) is 1.05. The molecule has 4 nitrogen and oxygen atoms in total. The number of nitrogens with two attached hydrogens (primary N) is 1. The van der Waals surface area contributed by atoms with E-state index in [1.807, 2.05) is 0 Å². The van der Waals surface area contributed by atoms with Crippen molar-refractivity contribution in [2.75, 3.05) is 25.6 Å². The Kier molecular flexibility index (Phi) is 6.47. The summed E-state index contributed by atoms with van der Waals surface area (Å²) in [6, 6.07) is 0. The maximum Gasteiger partial charge on any atom is 0.185 e. The second-order valence-corrected chi connectivity index (χ2v) is 5.19. The van der Waals surface area contributed by atoms with Crippen LogP contribution in [0.3, 0.4) is 0 Å². The molecule has 1 aromatic rings. The van der Waals surface area contributed by atoms with Gasteiger partial charge in [0.05, 0.1) is 12.3 Å². The second-order valence-electron chi connectivity index (χ2n) is 4.13. The van der Waals surface area contributed by atoms with Gasteiger partial charge in [0.2, 0.25) is 0 Å². The first kappa shape index (κ1) is 14.4. The van der Waals surface area contributed by atoms with Crippen LogP contribution in [0.5, 0.6) is 0 Å². The van der Waals surface area contributed by atoms with Crippen molar-refractivity contribution in [1.29, 1.82) is 0 Å². The molecule has 0 aliphatic carbocycles. The van der Waals surface area contributed by atoms with Crippen molar-refractivity contribution in [2.45, 2.75) is 39.3 Å². The number of hydrogen-bond acceptors (Lipinski definition) is 5. The van der Waals surface area contributed by atoms with Gasteiger partial charge in [-0.15, -0.1) is 11.3 Å². The molecule has 0 aliphatic rings. The molecule has 5 heteroatoms. The zero-order valence-electron chi connectivity index (χ0n) is 11.0. The number of unbranched alkanes of at least 4 members (excludes halogenated alkanes) is 2. The van der Waals surface area contributed by atoms with Crippen molar-refractivity contribution in [3.8, 4) is 0 Å². The van der Waals surface area contributed by atoms with Crippen LogP contribution in [0.1, 0.15) is 36.8 Å². The van der Waals surface area contributed by atoms with E-state index in [4.69, 9.17) is 10.5 Å². The zero-order valence-corrected chi connectivity index (χ0v) is 11.8. The highest BCUT2D eigenvalue weighted by Gasteiger charge is 2.12. The van der Waals surface area contributed by atoms with Gasteiger partial charge in [0.15, 0.2) is 5.13 Å². The Hall–Kier alpha value is -0.650. The van der Waals surface area contributed by atoms with Crippen molar-refractivity contribution in [1.82, 2.24) is 4.98 Å². The number of rotatable bonds is 8. The molecule has 0 unspecified atom stereocenters. The van der Waals surface area contributed by atoms with Gasteiger partial charge in [-0.05, 0) is 6.42 Å². The Balaban J connectivity index is 2.63. The third kappa shape index (κ3) is 4.26. The molecule has 1 heterocycles. The van der Waals surface area contributed by atoms with Crippen molar-refractivity contribution < 1.29 is 4.74 Å². The smallest absolute Gasteiger partial charge is 0.185 e. The Morgan fingerprint density at radius 1 is 1.41 bits per heavy atom. The average Bonchev–Trinajstić information content (AvgIpc) is 2.73. The molecule has 98 valence electrons. The molecular weight excluding hydrogens is 234 g/mol. The molecule has 0 atom stereocenters. The third-order valence-electron chi connectivity index (χ3n) is 2.66. The lowest BCUT2D eigenvalue weighted by atomic mass is 10.2. The van der Waals surface area contributed by atoms with E-state index in [9.17, 15) is 0 Å². The lowest BCUT2D eigenvalue weighted by molar-refractivity contribution is 0.181. The highest BCUT2D eigenvalue weighted by atomic mass is 32.1. The van der Waals surface area contributed by atoms with Crippen LogP contribution in [0.4, 0.5) is 5.13 Å². The summed E-state index contributed by atoms with van der Waals surface area (Å²) < 4.78 is 5.13. The Labute approximate surface area is 108 Å². The standard InChI is InChI=1S/C12H23N3OS/c1-4-5-6-7-15(2)12-14-10(9-16-3)11(8-13)17-12/h4-9,13H2,1-3H3. The van der Waals surface area contributed by atoms with E-state index in [1.54, 1.807) is 18.4 Å². The summed E-state index contributed by atoms with van der Waals surface area (Å²) in [6.07, 6.45) is 3.73. The lowest BCUT2D eigenvalue weighted by Gasteiger charge is -2.14. The summed E-state index contributed by atoms with van der Waals surface area (Å²) in [5.74, 6) is 0. The van der Waals surface area contributed by atoms with Gasteiger partial charge < -0.3 is 15.4 Å². The van der Waals surface area contributed by atoms with Crippen molar-refractivity contribution in [3.05, 3.63) is 10.6 Å². The Bertz CT molecular complexity index is 328. The molecular formula is C12H23N3OS. The van der Waals surface area contributed by atoms with Crippen molar-refractivity contribution in [3.63, 3.8) is 0 Å². The van der Waals surface area contributed by atoms with E-state index in [-0.39, 0.29) is 0 Å². The van der Waals surface area contributed by atoms with Gasteiger partial charge in [0.25, 0.3) is 0 Å². The molecule has 2 N–H and O–H groups in total. The van der Waals surface area contributed by atoms with E-state index < -0.39 is 0 Å². The zero-order chi connectivity index (χ0) is 12.7. The quantitative estimate of drug-likeness (QED) is 0.726. The summed E-state index contributed by atoms with van der Waals surface area (Å²) in [6.45, 7) is 4.36. The summed E-state index contributed by atoms with van der Waals surface area (Å²) in [4.78, 5) is 7.92. The number of anilines is 1. The molecule has 0 aromatic carbocycles. The van der Waals surface area contributed by atoms with Gasteiger partial charge in [-0.1, -0.05) is 19.8 Å². The van der Waals surface area contributed by atoms with Crippen LogP contribution in [-0.4, -0.2) is 25.7 Å². The highest BCUT2D eigenvalue weighted by molar-refractivity contribution is 7.15. The molecule has 0 amide bonds. The Morgan fingerprint density at radius 3 is 2.76 bits per heavy atom. The van der Waals surface area contributed by atoms with Crippen molar-refractivity contribution >= 4 is 16.5 Å². The molecule has 17 heavy (non-hydrogen) atoms. The number of nitrogens with zero attached hydrogens (tertiary/aromatic N) is 2. The fourth-order valence-electron chi connectivity index (χ4n) is 1.64. The number of ether oxygens (including phenoxy) is 1. The summed E-state index contributed by atoms with van der Waals surface area (Å²) in [5.41, 5.74) is 6.70. The minimum absolute atomic E-state index is 0.541. The molecule has 1 aromatic heterocycles. The minimum Gasteiger partial charge on any atom is -0.378 e. The number of hydrogen-bond donors (Lipinski definition) is 1. The van der Waals surface area contributed by atoms with Crippen molar-refractivity contribution in [2.24, 2.45) is 5.73 Å². The molecule has 0 radical (unpaired) electrons. The third-order valence-corrected chi connectivity index (χ3v) is 3.89. The number of thiazole rings is 1. The van der Waals surface area contributed by atoms with E-state index in [0.29, 0.717) is 13.2 Å². The number of aromatic nitrogens is 1. The topological polar surface area (TPSA) is 51.4 Å². The van der Waals surface area contributed by atoms with E-state index in [1.165, 1.54) is 19.3 Å². The fraction of sp³-hybridized carbons (Fsp3) is 0.750. The summed E-state index contributed by atoms with van der Waals surface area (Å²) in [7, 11) is 3.77. The van der Waals surface area contributed by atoms with Crippen LogP contribution < -0.4 is 10.6 Å².